The van der Waals surface area contributed by atoms with Gasteiger partial charge in [0.25, 0.3) is 0 Å². The largest absolute Gasteiger partial charge is 0.481 e. The monoisotopic (exact) mass is 344 g/mol. The molecule has 138 valence electrons. The van der Waals surface area contributed by atoms with Crippen molar-refractivity contribution in [1.29, 1.82) is 0 Å². The number of carbonyl (C=O) groups is 1. The minimum atomic E-state index is -0.602. The number of carboxylic acids is 1. The standard InChI is InChI=1S/C21H32N2O2/c1-16-12-22(14-19-8-10-20(11-9-19)21(24)25)13-17(2)23(16)15-18-6-4-3-5-7-18/h3-7,16-17,19-20H,8-15H2,1-2H3,(H,24,25)/t16-,17+,19?,20?. The molecule has 0 spiro atoms. The summed E-state index contributed by atoms with van der Waals surface area (Å²) in [6.45, 7) is 9.09. The number of rotatable bonds is 5. The van der Waals surface area contributed by atoms with Gasteiger partial charge in [0.2, 0.25) is 0 Å². The molecule has 1 aliphatic carbocycles. The molecule has 1 aromatic carbocycles. The Balaban J connectivity index is 1.49. The average molecular weight is 344 g/mol. The van der Waals surface area contributed by atoms with Gasteiger partial charge >= 0.3 is 5.97 Å². The average Bonchev–Trinajstić information content (AvgIpc) is 2.59. The van der Waals surface area contributed by atoms with Gasteiger partial charge in [0.15, 0.2) is 0 Å². The van der Waals surface area contributed by atoms with E-state index in [4.69, 9.17) is 5.11 Å². The topological polar surface area (TPSA) is 43.8 Å². The Bertz CT molecular complexity index is 542. The maximum absolute atomic E-state index is 11.1. The molecular formula is C21H32N2O2. The summed E-state index contributed by atoms with van der Waals surface area (Å²) in [6, 6.07) is 11.9. The van der Waals surface area contributed by atoms with Gasteiger partial charge < -0.3 is 5.11 Å². The van der Waals surface area contributed by atoms with Crippen LogP contribution >= 0.6 is 0 Å². The number of benzene rings is 1. The Hall–Kier alpha value is -1.39. The van der Waals surface area contributed by atoms with Crippen molar-refractivity contribution in [3.8, 4) is 0 Å². The molecule has 3 rings (SSSR count). The van der Waals surface area contributed by atoms with E-state index >= 15 is 0 Å². The predicted octanol–water partition coefficient (Wildman–Crippen LogP) is 3.47. The summed E-state index contributed by atoms with van der Waals surface area (Å²) in [5, 5.41) is 9.15. The van der Waals surface area contributed by atoms with E-state index in [1.54, 1.807) is 0 Å². The van der Waals surface area contributed by atoms with Crippen LogP contribution in [-0.2, 0) is 11.3 Å². The van der Waals surface area contributed by atoms with Gasteiger partial charge in [-0.25, -0.2) is 0 Å². The molecule has 4 nitrogen and oxygen atoms in total. The van der Waals surface area contributed by atoms with Crippen LogP contribution in [-0.4, -0.2) is 52.6 Å². The number of hydrogen-bond acceptors (Lipinski definition) is 3. The summed E-state index contributed by atoms with van der Waals surface area (Å²) in [7, 11) is 0. The van der Waals surface area contributed by atoms with E-state index in [-0.39, 0.29) is 5.92 Å². The van der Waals surface area contributed by atoms with E-state index in [9.17, 15) is 4.79 Å². The van der Waals surface area contributed by atoms with Crippen LogP contribution in [0, 0.1) is 11.8 Å². The van der Waals surface area contributed by atoms with Gasteiger partial charge in [-0.3, -0.25) is 14.6 Å². The maximum atomic E-state index is 11.1. The summed E-state index contributed by atoms with van der Waals surface area (Å²) in [5.41, 5.74) is 1.39. The SMILES string of the molecule is C[C@@H]1CN(CC2CCC(C(=O)O)CC2)C[C@H](C)N1Cc1ccccc1. The van der Waals surface area contributed by atoms with Crippen LogP contribution in [0.2, 0.25) is 0 Å². The van der Waals surface area contributed by atoms with Gasteiger partial charge in [-0.2, -0.15) is 0 Å². The van der Waals surface area contributed by atoms with Crippen LogP contribution in [0.5, 0.6) is 0 Å². The zero-order chi connectivity index (χ0) is 17.8. The quantitative estimate of drug-likeness (QED) is 0.888. The first-order valence-corrected chi connectivity index (χ1v) is 9.77. The Morgan fingerprint density at radius 3 is 2.20 bits per heavy atom. The second-order valence-electron chi connectivity index (χ2n) is 8.13. The van der Waals surface area contributed by atoms with Crippen molar-refractivity contribution in [2.75, 3.05) is 19.6 Å². The lowest BCUT2D eigenvalue weighted by Gasteiger charge is -2.46. The van der Waals surface area contributed by atoms with Gasteiger partial charge in [-0.05, 0) is 51.0 Å². The van der Waals surface area contributed by atoms with Crippen LogP contribution in [0.25, 0.3) is 0 Å². The molecular weight excluding hydrogens is 312 g/mol. The van der Waals surface area contributed by atoms with Crippen molar-refractivity contribution < 1.29 is 9.90 Å². The summed E-state index contributed by atoms with van der Waals surface area (Å²) in [6.07, 6.45) is 3.87. The van der Waals surface area contributed by atoms with Crippen molar-refractivity contribution >= 4 is 5.97 Å². The van der Waals surface area contributed by atoms with E-state index in [2.05, 4.69) is 54.0 Å². The van der Waals surface area contributed by atoms with Gasteiger partial charge in [0.05, 0.1) is 5.92 Å². The maximum Gasteiger partial charge on any atom is 0.306 e. The molecule has 1 aliphatic heterocycles. The van der Waals surface area contributed by atoms with Crippen molar-refractivity contribution in [1.82, 2.24) is 9.80 Å². The van der Waals surface area contributed by atoms with Crippen molar-refractivity contribution in [2.24, 2.45) is 11.8 Å². The number of piperazine rings is 1. The number of hydrogen-bond donors (Lipinski definition) is 1. The zero-order valence-corrected chi connectivity index (χ0v) is 15.6. The Kier molecular flexibility index (Phi) is 6.13. The lowest BCUT2D eigenvalue weighted by Crippen LogP contribution is -2.56. The summed E-state index contributed by atoms with van der Waals surface area (Å²) >= 11 is 0. The summed E-state index contributed by atoms with van der Waals surface area (Å²) in [4.78, 5) is 16.3. The highest BCUT2D eigenvalue weighted by molar-refractivity contribution is 5.69. The number of carboxylic acid groups (broad SMARTS) is 1. The van der Waals surface area contributed by atoms with Gasteiger partial charge in [-0.15, -0.1) is 0 Å². The fourth-order valence-electron chi connectivity index (χ4n) is 4.68. The lowest BCUT2D eigenvalue weighted by atomic mass is 9.81. The highest BCUT2D eigenvalue weighted by atomic mass is 16.4. The number of aliphatic carboxylic acids is 1. The highest BCUT2D eigenvalue weighted by Crippen LogP contribution is 2.30. The molecule has 1 heterocycles. The minimum absolute atomic E-state index is 0.100. The molecule has 0 bridgehead atoms. The van der Waals surface area contributed by atoms with Crippen molar-refractivity contribution in [3.05, 3.63) is 35.9 Å². The number of nitrogens with zero attached hydrogens (tertiary/aromatic N) is 2. The van der Waals surface area contributed by atoms with E-state index in [1.807, 2.05) is 0 Å². The molecule has 1 N–H and O–H groups in total. The Morgan fingerprint density at radius 1 is 1.04 bits per heavy atom. The first kappa shape index (κ1) is 18.4. The molecule has 0 aromatic heterocycles. The fourth-order valence-corrected chi connectivity index (χ4v) is 4.68. The first-order chi connectivity index (χ1) is 12.0. The van der Waals surface area contributed by atoms with Crippen molar-refractivity contribution in [2.45, 2.75) is 58.2 Å². The van der Waals surface area contributed by atoms with E-state index in [0.717, 1.165) is 51.9 Å². The molecule has 0 radical (unpaired) electrons. The Labute approximate surface area is 151 Å². The van der Waals surface area contributed by atoms with Gasteiger partial charge in [0, 0.05) is 38.3 Å². The second kappa shape index (κ2) is 8.33. The molecule has 25 heavy (non-hydrogen) atoms. The third-order valence-corrected chi connectivity index (χ3v) is 6.10. The predicted molar refractivity (Wildman–Crippen MR) is 100 cm³/mol. The molecule has 2 fully saturated rings. The molecule has 2 atom stereocenters. The van der Waals surface area contributed by atoms with E-state index in [1.165, 1.54) is 5.56 Å². The van der Waals surface area contributed by atoms with Gasteiger partial charge in [-0.1, -0.05) is 30.3 Å². The fraction of sp³-hybridized carbons (Fsp3) is 0.667. The lowest BCUT2D eigenvalue weighted by molar-refractivity contribution is -0.143. The van der Waals surface area contributed by atoms with Crippen LogP contribution in [0.15, 0.2) is 30.3 Å². The van der Waals surface area contributed by atoms with E-state index < -0.39 is 5.97 Å². The van der Waals surface area contributed by atoms with Crippen LogP contribution < -0.4 is 0 Å². The van der Waals surface area contributed by atoms with E-state index in [0.29, 0.717) is 18.0 Å². The molecule has 1 saturated carbocycles. The molecule has 0 amide bonds. The smallest absolute Gasteiger partial charge is 0.306 e. The molecule has 1 aromatic rings. The molecule has 4 heteroatoms. The highest BCUT2D eigenvalue weighted by Gasteiger charge is 2.32. The third-order valence-electron chi connectivity index (χ3n) is 6.10. The summed E-state index contributed by atoms with van der Waals surface area (Å²) in [5.74, 6) is -0.0253. The summed E-state index contributed by atoms with van der Waals surface area (Å²) < 4.78 is 0. The molecule has 0 unspecified atom stereocenters. The Morgan fingerprint density at radius 2 is 1.64 bits per heavy atom. The normalized spacial score (nSPS) is 31.8. The van der Waals surface area contributed by atoms with Crippen LogP contribution in [0.1, 0.15) is 45.1 Å². The molecule has 2 aliphatic rings. The minimum Gasteiger partial charge on any atom is -0.481 e. The molecule has 1 saturated heterocycles. The third kappa shape index (κ3) is 4.83. The van der Waals surface area contributed by atoms with Crippen LogP contribution in [0.3, 0.4) is 0 Å². The second-order valence-corrected chi connectivity index (χ2v) is 8.13. The first-order valence-electron chi connectivity index (χ1n) is 9.77. The van der Waals surface area contributed by atoms with Crippen molar-refractivity contribution in [3.63, 3.8) is 0 Å². The van der Waals surface area contributed by atoms with Gasteiger partial charge in [0.1, 0.15) is 0 Å². The zero-order valence-electron chi connectivity index (χ0n) is 15.6. The van der Waals surface area contributed by atoms with Crippen LogP contribution in [0.4, 0.5) is 0 Å².